The van der Waals surface area contributed by atoms with Gasteiger partial charge in [-0.25, -0.2) is 0 Å². The lowest BCUT2D eigenvalue weighted by Crippen LogP contribution is -2.30. The highest BCUT2D eigenvalue weighted by Crippen LogP contribution is 2.31. The minimum atomic E-state index is 0.0649. The number of likely N-dealkylation sites (tertiary alicyclic amines) is 1. The first kappa shape index (κ1) is 16.1. The standard InChI is InChI=1S/C18H21ClN2O2/c19-15-5-1-4-14(12-15)13-20-18(22)8-10-21-9-2-6-16(21)17-7-3-11-23-17/h1,3-5,7,11-12,16H,2,6,8-10,13H2,(H,20,22). The highest BCUT2D eigenvalue weighted by Gasteiger charge is 2.27. The number of nitrogens with zero attached hydrogens (tertiary/aromatic N) is 1. The fourth-order valence-electron chi connectivity index (χ4n) is 3.08. The van der Waals surface area contributed by atoms with Gasteiger partial charge >= 0.3 is 0 Å². The van der Waals surface area contributed by atoms with Crippen molar-refractivity contribution in [1.82, 2.24) is 10.2 Å². The first-order valence-electron chi connectivity index (χ1n) is 8.01. The van der Waals surface area contributed by atoms with Gasteiger partial charge < -0.3 is 9.73 Å². The number of hydrogen-bond acceptors (Lipinski definition) is 3. The molecule has 1 amide bonds. The summed E-state index contributed by atoms with van der Waals surface area (Å²) in [5.41, 5.74) is 1.01. The number of hydrogen-bond donors (Lipinski definition) is 1. The molecule has 1 unspecified atom stereocenters. The third kappa shape index (κ3) is 4.36. The van der Waals surface area contributed by atoms with Crippen LogP contribution in [0.15, 0.2) is 47.1 Å². The maximum absolute atomic E-state index is 12.1. The Morgan fingerprint density at radius 2 is 2.26 bits per heavy atom. The summed E-state index contributed by atoms with van der Waals surface area (Å²) in [6, 6.07) is 11.8. The molecular formula is C18H21ClN2O2. The summed E-state index contributed by atoms with van der Waals surface area (Å²) in [6.07, 6.45) is 4.45. The summed E-state index contributed by atoms with van der Waals surface area (Å²) in [5.74, 6) is 1.07. The van der Waals surface area contributed by atoms with Crippen LogP contribution in [0.3, 0.4) is 0 Å². The van der Waals surface area contributed by atoms with Gasteiger partial charge in [-0.1, -0.05) is 23.7 Å². The summed E-state index contributed by atoms with van der Waals surface area (Å²) in [4.78, 5) is 14.4. The molecule has 3 rings (SSSR count). The predicted octanol–water partition coefficient (Wildman–Crippen LogP) is 3.78. The highest BCUT2D eigenvalue weighted by molar-refractivity contribution is 6.30. The number of amides is 1. The van der Waals surface area contributed by atoms with Crippen LogP contribution in [0.25, 0.3) is 0 Å². The summed E-state index contributed by atoms with van der Waals surface area (Å²) in [7, 11) is 0. The molecule has 1 aliphatic heterocycles. The third-order valence-electron chi connectivity index (χ3n) is 4.24. The maximum Gasteiger partial charge on any atom is 0.221 e. The summed E-state index contributed by atoms with van der Waals surface area (Å²) < 4.78 is 5.52. The van der Waals surface area contributed by atoms with Crippen LogP contribution in [0.2, 0.25) is 5.02 Å². The average molecular weight is 333 g/mol. The van der Waals surface area contributed by atoms with E-state index >= 15 is 0 Å². The first-order valence-corrected chi connectivity index (χ1v) is 8.39. The average Bonchev–Trinajstić information content (AvgIpc) is 3.21. The van der Waals surface area contributed by atoms with E-state index in [0.717, 1.165) is 37.3 Å². The van der Waals surface area contributed by atoms with E-state index in [0.29, 0.717) is 24.0 Å². The van der Waals surface area contributed by atoms with Gasteiger partial charge in [-0.05, 0) is 49.2 Å². The van der Waals surface area contributed by atoms with Gasteiger partial charge in [0, 0.05) is 24.5 Å². The second-order valence-electron chi connectivity index (χ2n) is 5.87. The molecule has 23 heavy (non-hydrogen) atoms. The molecular weight excluding hydrogens is 312 g/mol. The molecule has 0 radical (unpaired) electrons. The number of rotatable bonds is 6. The van der Waals surface area contributed by atoms with E-state index in [-0.39, 0.29) is 5.91 Å². The van der Waals surface area contributed by atoms with Crippen LogP contribution < -0.4 is 5.32 Å². The van der Waals surface area contributed by atoms with Crippen LogP contribution in [0.1, 0.15) is 36.6 Å². The Bertz CT molecular complexity index is 642. The molecule has 1 saturated heterocycles. The van der Waals surface area contributed by atoms with Crippen molar-refractivity contribution in [3.63, 3.8) is 0 Å². The Balaban J connectivity index is 1.45. The molecule has 1 fully saturated rings. The topological polar surface area (TPSA) is 45.5 Å². The SMILES string of the molecule is O=C(CCN1CCCC1c1ccco1)NCc1cccc(Cl)c1. The number of nitrogens with one attached hydrogen (secondary N) is 1. The Hall–Kier alpha value is -1.78. The molecule has 2 heterocycles. The molecule has 1 atom stereocenters. The fraction of sp³-hybridized carbons (Fsp3) is 0.389. The zero-order chi connectivity index (χ0) is 16.1. The molecule has 1 aromatic carbocycles. The molecule has 0 saturated carbocycles. The number of carbonyl (C=O) groups excluding carboxylic acids is 1. The van der Waals surface area contributed by atoms with Gasteiger partial charge in [0.05, 0.1) is 12.3 Å². The van der Waals surface area contributed by atoms with E-state index in [4.69, 9.17) is 16.0 Å². The second-order valence-corrected chi connectivity index (χ2v) is 6.30. The van der Waals surface area contributed by atoms with Crippen LogP contribution in [0.5, 0.6) is 0 Å². The Kier molecular flexibility index (Phi) is 5.36. The predicted molar refractivity (Wildman–Crippen MR) is 90.2 cm³/mol. The van der Waals surface area contributed by atoms with Crippen LogP contribution in [-0.2, 0) is 11.3 Å². The van der Waals surface area contributed by atoms with Crippen molar-refractivity contribution in [3.05, 3.63) is 59.0 Å². The van der Waals surface area contributed by atoms with E-state index in [2.05, 4.69) is 10.2 Å². The minimum Gasteiger partial charge on any atom is -0.468 e. The van der Waals surface area contributed by atoms with Crippen molar-refractivity contribution in [2.24, 2.45) is 0 Å². The summed E-state index contributed by atoms with van der Waals surface area (Å²) in [6.45, 7) is 2.29. The van der Waals surface area contributed by atoms with Crippen molar-refractivity contribution in [2.75, 3.05) is 13.1 Å². The Labute approximate surface area is 141 Å². The Morgan fingerprint density at radius 3 is 3.04 bits per heavy atom. The lowest BCUT2D eigenvalue weighted by Gasteiger charge is -2.22. The molecule has 1 aliphatic rings. The van der Waals surface area contributed by atoms with Crippen LogP contribution in [0.4, 0.5) is 0 Å². The molecule has 4 nitrogen and oxygen atoms in total. The number of furan rings is 1. The van der Waals surface area contributed by atoms with Crippen molar-refractivity contribution in [1.29, 1.82) is 0 Å². The van der Waals surface area contributed by atoms with Crippen molar-refractivity contribution >= 4 is 17.5 Å². The molecule has 1 N–H and O–H groups in total. The van der Waals surface area contributed by atoms with Crippen molar-refractivity contribution in [3.8, 4) is 0 Å². The lowest BCUT2D eigenvalue weighted by molar-refractivity contribution is -0.121. The van der Waals surface area contributed by atoms with Crippen LogP contribution in [0, 0.1) is 0 Å². The summed E-state index contributed by atoms with van der Waals surface area (Å²) in [5, 5.41) is 3.64. The van der Waals surface area contributed by atoms with E-state index in [1.807, 2.05) is 36.4 Å². The van der Waals surface area contributed by atoms with Crippen LogP contribution >= 0.6 is 11.6 Å². The highest BCUT2D eigenvalue weighted by atomic mass is 35.5. The number of carbonyl (C=O) groups is 1. The first-order chi connectivity index (χ1) is 11.2. The minimum absolute atomic E-state index is 0.0649. The molecule has 1 aromatic heterocycles. The molecule has 122 valence electrons. The smallest absolute Gasteiger partial charge is 0.221 e. The normalized spacial score (nSPS) is 18.2. The molecule has 0 aliphatic carbocycles. The zero-order valence-corrected chi connectivity index (χ0v) is 13.8. The fourth-order valence-corrected chi connectivity index (χ4v) is 3.29. The lowest BCUT2D eigenvalue weighted by atomic mass is 10.1. The van der Waals surface area contributed by atoms with Gasteiger partial charge in [-0.15, -0.1) is 0 Å². The molecule has 2 aromatic rings. The van der Waals surface area contributed by atoms with Crippen LogP contribution in [-0.4, -0.2) is 23.9 Å². The molecule has 0 spiro atoms. The van der Waals surface area contributed by atoms with Gasteiger partial charge in [0.25, 0.3) is 0 Å². The maximum atomic E-state index is 12.1. The van der Waals surface area contributed by atoms with Crippen molar-refractivity contribution < 1.29 is 9.21 Å². The molecule has 5 heteroatoms. The second kappa shape index (κ2) is 7.66. The van der Waals surface area contributed by atoms with E-state index in [9.17, 15) is 4.79 Å². The van der Waals surface area contributed by atoms with Crippen molar-refractivity contribution in [2.45, 2.75) is 31.8 Å². The van der Waals surface area contributed by atoms with Gasteiger partial charge in [-0.2, -0.15) is 0 Å². The zero-order valence-electron chi connectivity index (χ0n) is 13.0. The van der Waals surface area contributed by atoms with E-state index in [1.165, 1.54) is 0 Å². The van der Waals surface area contributed by atoms with Gasteiger partial charge in [0.2, 0.25) is 5.91 Å². The number of benzene rings is 1. The quantitative estimate of drug-likeness (QED) is 0.875. The largest absolute Gasteiger partial charge is 0.468 e. The Morgan fingerprint density at radius 1 is 1.35 bits per heavy atom. The van der Waals surface area contributed by atoms with Gasteiger partial charge in [-0.3, -0.25) is 9.69 Å². The number of halogens is 1. The monoisotopic (exact) mass is 332 g/mol. The van der Waals surface area contributed by atoms with E-state index in [1.54, 1.807) is 6.26 Å². The van der Waals surface area contributed by atoms with Gasteiger partial charge in [0.1, 0.15) is 5.76 Å². The summed E-state index contributed by atoms with van der Waals surface area (Å²) >= 11 is 5.94. The van der Waals surface area contributed by atoms with E-state index < -0.39 is 0 Å². The third-order valence-corrected chi connectivity index (χ3v) is 4.48. The molecule has 0 bridgehead atoms. The van der Waals surface area contributed by atoms with Gasteiger partial charge in [0.15, 0.2) is 0 Å².